The van der Waals surface area contributed by atoms with Gasteiger partial charge in [-0.15, -0.1) is 0 Å². The highest BCUT2D eigenvalue weighted by Gasteiger charge is 2.25. The van der Waals surface area contributed by atoms with E-state index in [1.807, 2.05) is 6.07 Å². The molecule has 0 aliphatic heterocycles. The van der Waals surface area contributed by atoms with Crippen LogP contribution in [0.4, 0.5) is 17.1 Å². The summed E-state index contributed by atoms with van der Waals surface area (Å²) in [6.07, 6.45) is 0. The Kier molecular flexibility index (Phi) is 8.28. The molecule has 2 heterocycles. The molecule has 14 aromatic rings. The predicted octanol–water partition coefficient (Wildman–Crippen LogP) is 18.6. The molecule has 0 atom stereocenters. The van der Waals surface area contributed by atoms with Crippen molar-refractivity contribution in [1.29, 1.82) is 0 Å². The third-order valence-corrected chi connectivity index (χ3v) is 13.8. The predicted molar refractivity (Wildman–Crippen MR) is 282 cm³/mol. The topological polar surface area (TPSA) is 29.5 Å². The molecule has 2 aromatic heterocycles. The smallest absolute Gasteiger partial charge is 0.160 e. The SMILES string of the molecule is c1ccc(-c2ccc(-c3ccc(N(c4ccc(-c5cc6ccccc6c6ccccc56)cc4)c4ccc5ccc6ccccc6c5c4)c4oc5ccccc5c34)c3c2oc2ccccc23)cc1. The largest absolute Gasteiger partial charge is 0.455 e. The number of nitrogens with zero attached hydrogens (tertiary/aromatic N) is 1. The molecule has 0 fully saturated rings. The second kappa shape index (κ2) is 14.8. The molecule has 0 unspecified atom stereocenters. The summed E-state index contributed by atoms with van der Waals surface area (Å²) in [7, 11) is 0. The first-order chi connectivity index (χ1) is 33.2. The van der Waals surface area contributed by atoms with E-state index in [1.54, 1.807) is 0 Å². The van der Waals surface area contributed by atoms with Crippen molar-refractivity contribution >= 4 is 104 Å². The Morgan fingerprint density at radius 2 is 0.761 bits per heavy atom. The Balaban J connectivity index is 1.02. The molecule has 0 N–H and O–H groups in total. The number of fused-ring (bicyclic) bond motifs is 12. The van der Waals surface area contributed by atoms with Gasteiger partial charge in [-0.2, -0.15) is 0 Å². The zero-order valence-corrected chi connectivity index (χ0v) is 36.3. The summed E-state index contributed by atoms with van der Waals surface area (Å²) in [5.74, 6) is 0. The van der Waals surface area contributed by atoms with Crippen molar-refractivity contribution in [2.24, 2.45) is 0 Å². The third-order valence-electron chi connectivity index (χ3n) is 13.8. The van der Waals surface area contributed by atoms with E-state index in [-0.39, 0.29) is 0 Å². The Labute approximate surface area is 386 Å². The number of anilines is 3. The van der Waals surface area contributed by atoms with Gasteiger partial charge in [0, 0.05) is 38.5 Å². The molecule has 0 spiro atoms. The standard InChI is InChI=1S/C64H39NO2/c1-2-14-40(15-3-1)49-34-35-52(61-54-22-10-12-24-59(54)66-63(49)61)53-36-37-58(64-62(53)55-23-11-13-25-60(55)67-64)65(46-33-30-42-27-26-41-16-4-6-18-47(41)57(42)39-46)45-31-28-43(29-32-45)56-38-44-17-5-7-19-48(44)50-20-8-9-21-51(50)56/h1-39H. The quantitative estimate of drug-likeness (QED) is 0.156. The lowest BCUT2D eigenvalue weighted by molar-refractivity contribution is 0.669. The van der Waals surface area contributed by atoms with Gasteiger partial charge >= 0.3 is 0 Å². The fourth-order valence-electron chi connectivity index (χ4n) is 10.8. The lowest BCUT2D eigenvalue weighted by Gasteiger charge is -2.27. The van der Waals surface area contributed by atoms with E-state index in [2.05, 4.69) is 235 Å². The summed E-state index contributed by atoms with van der Waals surface area (Å²) in [6, 6.07) is 85.1. The zero-order valence-electron chi connectivity index (χ0n) is 36.3. The van der Waals surface area contributed by atoms with Crippen LogP contribution in [-0.4, -0.2) is 0 Å². The number of para-hydroxylation sites is 2. The number of furan rings is 2. The summed E-state index contributed by atoms with van der Waals surface area (Å²) in [4.78, 5) is 2.37. The molecule has 0 saturated heterocycles. The molecule has 312 valence electrons. The number of benzene rings is 12. The van der Waals surface area contributed by atoms with E-state index < -0.39 is 0 Å². The van der Waals surface area contributed by atoms with Gasteiger partial charge in [-0.25, -0.2) is 0 Å². The van der Waals surface area contributed by atoms with Crippen LogP contribution >= 0.6 is 0 Å². The summed E-state index contributed by atoms with van der Waals surface area (Å²) in [5.41, 5.74) is 13.1. The summed E-state index contributed by atoms with van der Waals surface area (Å²) < 4.78 is 13.9. The van der Waals surface area contributed by atoms with Crippen LogP contribution in [0.15, 0.2) is 245 Å². The van der Waals surface area contributed by atoms with Crippen molar-refractivity contribution in [2.45, 2.75) is 0 Å². The van der Waals surface area contributed by atoms with Crippen LogP contribution in [0.1, 0.15) is 0 Å². The highest BCUT2D eigenvalue weighted by atomic mass is 16.3. The lowest BCUT2D eigenvalue weighted by atomic mass is 9.91. The second-order valence-electron chi connectivity index (χ2n) is 17.5. The van der Waals surface area contributed by atoms with Crippen LogP contribution in [-0.2, 0) is 0 Å². The normalized spacial score (nSPS) is 11.9. The zero-order chi connectivity index (χ0) is 44.0. The van der Waals surface area contributed by atoms with Gasteiger partial charge in [0.2, 0.25) is 0 Å². The molecule has 0 aliphatic rings. The maximum atomic E-state index is 7.12. The summed E-state index contributed by atoms with van der Waals surface area (Å²) in [6.45, 7) is 0. The lowest BCUT2D eigenvalue weighted by Crippen LogP contribution is -2.10. The molecule has 0 radical (unpaired) electrons. The summed E-state index contributed by atoms with van der Waals surface area (Å²) >= 11 is 0. The molecule has 3 heteroatoms. The Morgan fingerprint density at radius 3 is 1.49 bits per heavy atom. The van der Waals surface area contributed by atoms with E-state index in [0.29, 0.717) is 0 Å². The average molecular weight is 854 g/mol. The highest BCUT2D eigenvalue weighted by Crippen LogP contribution is 2.50. The molecular formula is C64H39NO2. The minimum absolute atomic E-state index is 0.814. The van der Waals surface area contributed by atoms with Crippen molar-refractivity contribution in [1.82, 2.24) is 0 Å². The molecule has 0 aliphatic carbocycles. The van der Waals surface area contributed by atoms with Crippen molar-refractivity contribution in [2.75, 3.05) is 4.90 Å². The number of hydrogen-bond acceptors (Lipinski definition) is 3. The van der Waals surface area contributed by atoms with Crippen LogP contribution in [0, 0.1) is 0 Å². The van der Waals surface area contributed by atoms with Crippen molar-refractivity contribution in [3.63, 3.8) is 0 Å². The molecule has 0 saturated carbocycles. The van der Waals surface area contributed by atoms with Crippen molar-refractivity contribution in [3.8, 4) is 33.4 Å². The second-order valence-corrected chi connectivity index (χ2v) is 17.5. The number of hydrogen-bond donors (Lipinski definition) is 0. The van der Waals surface area contributed by atoms with Crippen molar-refractivity contribution in [3.05, 3.63) is 237 Å². The monoisotopic (exact) mass is 853 g/mol. The molecule has 14 rings (SSSR count). The van der Waals surface area contributed by atoms with Gasteiger partial charge in [-0.3, -0.25) is 0 Å². The van der Waals surface area contributed by atoms with Crippen molar-refractivity contribution < 1.29 is 8.83 Å². The van der Waals surface area contributed by atoms with E-state index in [9.17, 15) is 0 Å². The van der Waals surface area contributed by atoms with E-state index in [4.69, 9.17) is 8.83 Å². The fraction of sp³-hybridized carbons (Fsp3) is 0. The first-order valence-electron chi connectivity index (χ1n) is 22.9. The van der Waals surface area contributed by atoms with Crippen LogP contribution in [0.2, 0.25) is 0 Å². The van der Waals surface area contributed by atoms with Gasteiger partial charge in [0.25, 0.3) is 0 Å². The molecule has 67 heavy (non-hydrogen) atoms. The average Bonchev–Trinajstić information content (AvgIpc) is 3.99. The first-order valence-corrected chi connectivity index (χ1v) is 22.9. The van der Waals surface area contributed by atoms with E-state index in [0.717, 1.165) is 88.8 Å². The minimum atomic E-state index is 0.814. The maximum absolute atomic E-state index is 7.12. The van der Waals surface area contributed by atoms with Crippen LogP contribution < -0.4 is 4.90 Å². The van der Waals surface area contributed by atoms with Crippen LogP contribution in [0.5, 0.6) is 0 Å². The molecule has 0 bridgehead atoms. The Hall–Kier alpha value is -8.92. The first kappa shape index (κ1) is 37.5. The van der Waals surface area contributed by atoms with Gasteiger partial charge in [0.05, 0.1) is 5.69 Å². The summed E-state index contributed by atoms with van der Waals surface area (Å²) in [5, 5.41) is 14.1. The Bertz CT molecular complexity index is 4270. The highest BCUT2D eigenvalue weighted by molar-refractivity contribution is 6.23. The molecule has 12 aromatic carbocycles. The van der Waals surface area contributed by atoms with Gasteiger partial charge in [0.15, 0.2) is 5.58 Å². The maximum Gasteiger partial charge on any atom is 0.160 e. The van der Waals surface area contributed by atoms with E-state index >= 15 is 0 Å². The number of rotatable bonds is 6. The third kappa shape index (κ3) is 5.85. The van der Waals surface area contributed by atoms with Crippen LogP contribution in [0.25, 0.3) is 120 Å². The van der Waals surface area contributed by atoms with Gasteiger partial charge in [0.1, 0.15) is 16.7 Å². The van der Waals surface area contributed by atoms with Gasteiger partial charge < -0.3 is 13.7 Å². The van der Waals surface area contributed by atoms with Gasteiger partial charge in [-0.05, 0) is 126 Å². The molecular weight excluding hydrogens is 815 g/mol. The molecule has 3 nitrogen and oxygen atoms in total. The van der Waals surface area contributed by atoms with E-state index in [1.165, 1.54) is 48.7 Å². The van der Waals surface area contributed by atoms with Crippen LogP contribution in [0.3, 0.4) is 0 Å². The molecule has 0 amide bonds. The minimum Gasteiger partial charge on any atom is -0.455 e. The van der Waals surface area contributed by atoms with Gasteiger partial charge in [-0.1, -0.05) is 182 Å². The fourth-order valence-corrected chi connectivity index (χ4v) is 10.8. The Morgan fingerprint density at radius 1 is 0.269 bits per heavy atom.